The van der Waals surface area contributed by atoms with E-state index < -0.39 is 97.5 Å². The van der Waals surface area contributed by atoms with Crippen LogP contribution in [0.25, 0.3) is 0 Å². The van der Waals surface area contributed by atoms with Crippen molar-refractivity contribution in [3.05, 3.63) is 24.3 Å². The van der Waals surface area contributed by atoms with Gasteiger partial charge in [-0.2, -0.15) is 0 Å². The molecule has 0 aliphatic rings. The zero-order chi connectivity index (χ0) is 80.4. The number of carbonyl (C=O) groups is 4. The molecule has 0 bridgehead atoms. The van der Waals surface area contributed by atoms with E-state index in [4.69, 9.17) is 37.0 Å². The maximum Gasteiger partial charge on any atom is 0.472 e. The number of unbranched alkanes of at least 4 members (excludes halogenated alkanes) is 58. The summed E-state index contributed by atoms with van der Waals surface area (Å²) in [6.07, 6.45) is 81.6. The van der Waals surface area contributed by atoms with Crippen LogP contribution in [-0.4, -0.2) is 96.7 Å². The number of rotatable bonds is 89. The molecule has 0 radical (unpaired) electrons. The van der Waals surface area contributed by atoms with Crippen LogP contribution in [0.2, 0.25) is 0 Å². The fourth-order valence-electron chi connectivity index (χ4n) is 13.8. The van der Waals surface area contributed by atoms with Crippen LogP contribution in [0.1, 0.15) is 471 Å². The largest absolute Gasteiger partial charge is 0.472 e. The third kappa shape index (κ3) is 83.5. The number of esters is 4. The number of carbonyl (C=O) groups excluding carboxylic acids is 4. The minimum absolute atomic E-state index is 0.0853. The maximum atomic E-state index is 13.2. The molecule has 0 spiro atoms. The Labute approximate surface area is 675 Å². The first kappa shape index (κ1) is 108. The van der Waals surface area contributed by atoms with E-state index in [0.29, 0.717) is 25.7 Å². The van der Waals surface area contributed by atoms with Crippen molar-refractivity contribution in [2.45, 2.75) is 490 Å². The zero-order valence-corrected chi connectivity index (χ0v) is 73.7. The van der Waals surface area contributed by atoms with Gasteiger partial charge in [0.2, 0.25) is 0 Å². The second-order valence-corrected chi connectivity index (χ2v) is 35.4. The first-order valence-electron chi connectivity index (χ1n) is 46.5. The van der Waals surface area contributed by atoms with Gasteiger partial charge in [-0.3, -0.25) is 37.3 Å². The topological polar surface area (TPSA) is 237 Å². The Morgan fingerprint density at radius 3 is 0.745 bits per heavy atom. The molecule has 0 aromatic heterocycles. The van der Waals surface area contributed by atoms with Gasteiger partial charge in [-0.25, -0.2) is 9.13 Å². The molecule has 0 aliphatic heterocycles. The Kier molecular flexibility index (Phi) is 81.2. The van der Waals surface area contributed by atoms with Crippen LogP contribution >= 0.6 is 15.6 Å². The molecule has 0 amide bonds. The molecule has 0 aliphatic carbocycles. The molecule has 0 fully saturated rings. The molecule has 2 unspecified atom stereocenters. The van der Waals surface area contributed by atoms with Gasteiger partial charge < -0.3 is 33.8 Å². The normalized spacial score (nSPS) is 13.8. The second-order valence-electron chi connectivity index (χ2n) is 32.5. The molecule has 0 saturated carbocycles. The van der Waals surface area contributed by atoms with Crippen molar-refractivity contribution < 1.29 is 80.2 Å². The summed E-state index contributed by atoms with van der Waals surface area (Å²) in [5.74, 6) is -1.39. The number of allylic oxidation sites excluding steroid dienone is 4. The molecule has 19 heteroatoms. The van der Waals surface area contributed by atoms with Crippen molar-refractivity contribution >= 4 is 39.5 Å². The van der Waals surface area contributed by atoms with E-state index in [2.05, 4.69) is 58.9 Å². The molecule has 0 aromatic carbocycles. The van der Waals surface area contributed by atoms with Crippen molar-refractivity contribution in [1.29, 1.82) is 0 Å². The van der Waals surface area contributed by atoms with Crippen molar-refractivity contribution in [3.8, 4) is 0 Å². The molecule has 650 valence electrons. The van der Waals surface area contributed by atoms with Crippen LogP contribution in [0.3, 0.4) is 0 Å². The summed E-state index contributed by atoms with van der Waals surface area (Å²) in [5, 5.41) is 10.7. The van der Waals surface area contributed by atoms with Crippen LogP contribution in [0, 0.1) is 5.92 Å². The molecule has 5 atom stereocenters. The SMILES string of the molecule is CCCCCC/C=C\C=C/CCCCCCCC(=O)O[C@H](COC(=O)CCCCCCCCCCCC(C)C)COP(=O)(O)OC[C@H](O)COP(=O)(O)OC[C@@H](COC(=O)CCCCCCCCCCCCCCCCCCCCCCC)OC(=O)CCCCCCCCCCCCCCCCCCCCCCCC. The molecule has 0 rings (SSSR count). The van der Waals surface area contributed by atoms with E-state index in [-0.39, 0.29) is 25.7 Å². The first-order chi connectivity index (χ1) is 53.5. The Morgan fingerprint density at radius 1 is 0.282 bits per heavy atom. The summed E-state index contributed by atoms with van der Waals surface area (Å²) in [6.45, 7) is 7.30. The highest BCUT2D eigenvalue weighted by Gasteiger charge is 2.30. The lowest BCUT2D eigenvalue weighted by atomic mass is 10.0. The second kappa shape index (κ2) is 83.0. The minimum atomic E-state index is -4.97. The highest BCUT2D eigenvalue weighted by atomic mass is 31.2. The van der Waals surface area contributed by atoms with Crippen LogP contribution in [0.15, 0.2) is 24.3 Å². The van der Waals surface area contributed by atoms with Gasteiger partial charge in [-0.1, -0.05) is 418 Å². The third-order valence-corrected chi connectivity index (χ3v) is 22.8. The predicted molar refractivity (Wildman–Crippen MR) is 455 cm³/mol. The number of aliphatic hydroxyl groups excluding tert-OH is 1. The van der Waals surface area contributed by atoms with E-state index in [1.54, 1.807) is 0 Å². The highest BCUT2D eigenvalue weighted by Crippen LogP contribution is 2.45. The van der Waals surface area contributed by atoms with Crippen LogP contribution in [0.5, 0.6) is 0 Å². The van der Waals surface area contributed by atoms with Crippen LogP contribution < -0.4 is 0 Å². The van der Waals surface area contributed by atoms with Gasteiger partial charge in [0, 0.05) is 25.7 Å². The van der Waals surface area contributed by atoms with Gasteiger partial charge in [0.25, 0.3) is 0 Å². The summed E-state index contributed by atoms with van der Waals surface area (Å²) in [4.78, 5) is 73.4. The van der Waals surface area contributed by atoms with E-state index in [9.17, 15) is 43.2 Å². The molecular formula is C91H174O17P2. The Morgan fingerprint density at radius 2 is 0.491 bits per heavy atom. The lowest BCUT2D eigenvalue weighted by Crippen LogP contribution is -2.30. The van der Waals surface area contributed by atoms with Crippen molar-refractivity contribution in [1.82, 2.24) is 0 Å². The average Bonchev–Trinajstić information content (AvgIpc) is 0.898. The number of aliphatic hydroxyl groups is 1. The lowest BCUT2D eigenvalue weighted by molar-refractivity contribution is -0.161. The van der Waals surface area contributed by atoms with Crippen LogP contribution in [-0.2, 0) is 65.4 Å². The van der Waals surface area contributed by atoms with Gasteiger partial charge in [0.15, 0.2) is 12.2 Å². The zero-order valence-electron chi connectivity index (χ0n) is 71.9. The molecule has 0 aromatic rings. The summed E-state index contributed by atoms with van der Waals surface area (Å²) < 4.78 is 69.0. The molecule has 110 heavy (non-hydrogen) atoms. The Hall–Kier alpha value is -2.46. The Balaban J connectivity index is 5.26. The van der Waals surface area contributed by atoms with E-state index in [1.165, 1.54) is 283 Å². The van der Waals surface area contributed by atoms with Crippen molar-refractivity contribution in [2.75, 3.05) is 39.6 Å². The fourth-order valence-corrected chi connectivity index (χ4v) is 15.4. The van der Waals surface area contributed by atoms with Gasteiger partial charge in [-0.15, -0.1) is 0 Å². The van der Waals surface area contributed by atoms with E-state index in [0.717, 1.165) is 109 Å². The maximum absolute atomic E-state index is 13.2. The van der Waals surface area contributed by atoms with Crippen molar-refractivity contribution in [3.63, 3.8) is 0 Å². The third-order valence-electron chi connectivity index (χ3n) is 20.9. The lowest BCUT2D eigenvalue weighted by Gasteiger charge is -2.21. The number of hydrogen-bond donors (Lipinski definition) is 3. The summed E-state index contributed by atoms with van der Waals surface area (Å²) in [6, 6.07) is 0. The van der Waals surface area contributed by atoms with Gasteiger partial charge in [-0.05, 0) is 57.3 Å². The van der Waals surface area contributed by atoms with Gasteiger partial charge >= 0.3 is 39.5 Å². The number of hydrogen-bond acceptors (Lipinski definition) is 15. The smallest absolute Gasteiger partial charge is 0.462 e. The van der Waals surface area contributed by atoms with Gasteiger partial charge in [0.05, 0.1) is 26.4 Å². The minimum Gasteiger partial charge on any atom is -0.462 e. The van der Waals surface area contributed by atoms with Crippen LogP contribution in [0.4, 0.5) is 0 Å². The average molecular weight is 1600 g/mol. The quantitative estimate of drug-likeness (QED) is 0.0169. The highest BCUT2D eigenvalue weighted by molar-refractivity contribution is 7.47. The van der Waals surface area contributed by atoms with E-state index >= 15 is 0 Å². The Bertz CT molecular complexity index is 2180. The number of ether oxygens (including phenoxy) is 4. The molecule has 0 heterocycles. The first-order valence-corrected chi connectivity index (χ1v) is 49.4. The molecular weight excluding hydrogens is 1430 g/mol. The standard InChI is InChI=1S/C91H174O17P2/c1-6-9-12-15-18-21-24-27-30-32-34-36-38-40-42-45-48-51-56-62-67-72-77-91(96)107-86(80-101-88(93)74-69-64-59-54-49-46-44-41-39-37-35-33-31-28-25-22-19-16-13-10-7-2)82-105-109(97,98)103-78-85(92)79-104-110(99,100)106-83-87(81-102-89(94)75-70-65-60-57-52-53-58-63-68-73-84(4)5)108-90(95)76-71-66-61-55-50-47-43-29-26-23-20-17-14-11-8-3/h23,26,29,43,84-87,92H,6-22,24-25,27-28,30-42,44-83H2,1-5H3,(H,97,98)(H,99,100)/b26-23-,43-29-/t85-,86-,87-/m1/s1. The predicted octanol–water partition coefficient (Wildman–Crippen LogP) is 27.9. The fraction of sp³-hybridized carbons (Fsp3) is 0.912. The van der Waals surface area contributed by atoms with Crippen molar-refractivity contribution in [2.24, 2.45) is 5.92 Å². The number of phosphoric ester groups is 2. The summed E-state index contributed by atoms with van der Waals surface area (Å²) >= 11 is 0. The molecule has 0 saturated heterocycles. The summed E-state index contributed by atoms with van der Waals surface area (Å²) in [7, 11) is -9.95. The number of phosphoric acid groups is 2. The molecule has 3 N–H and O–H groups in total. The van der Waals surface area contributed by atoms with Gasteiger partial charge in [0.1, 0.15) is 19.3 Å². The summed E-state index contributed by atoms with van der Waals surface area (Å²) in [5.41, 5.74) is 0. The monoisotopic (exact) mass is 1600 g/mol. The molecule has 17 nitrogen and oxygen atoms in total. The van der Waals surface area contributed by atoms with E-state index in [1.807, 2.05) is 0 Å².